The number of rotatable bonds is 7. The average molecular weight is 265 g/mol. The van der Waals surface area contributed by atoms with Crippen LogP contribution in [0.1, 0.15) is 30.9 Å². The predicted octanol–water partition coefficient (Wildman–Crippen LogP) is 1.96. The van der Waals surface area contributed by atoms with E-state index in [1.54, 1.807) is 0 Å². The fourth-order valence-electron chi connectivity index (χ4n) is 1.74. The number of aliphatic hydroxyl groups is 1. The number of carbonyl (C=O) groups excluding carboxylic acids is 1. The molecule has 0 aliphatic heterocycles. The summed E-state index contributed by atoms with van der Waals surface area (Å²) >= 11 is 0. The minimum Gasteiger partial charge on any atom is -0.484 e. The SMILES string of the molecule is Cc1ccc(OCC(=O)NC(C)CCCO)cc1C. The third-order valence-corrected chi connectivity index (χ3v) is 3.05. The van der Waals surface area contributed by atoms with E-state index in [0.717, 1.165) is 12.0 Å². The third-order valence-electron chi connectivity index (χ3n) is 3.05. The van der Waals surface area contributed by atoms with Crippen molar-refractivity contribution < 1.29 is 14.6 Å². The number of carbonyl (C=O) groups is 1. The Labute approximate surface area is 114 Å². The van der Waals surface area contributed by atoms with Crippen LogP contribution in [-0.2, 0) is 4.79 Å². The van der Waals surface area contributed by atoms with E-state index in [1.165, 1.54) is 5.56 Å². The van der Waals surface area contributed by atoms with Gasteiger partial charge in [-0.15, -0.1) is 0 Å². The van der Waals surface area contributed by atoms with Crippen LogP contribution in [0.5, 0.6) is 5.75 Å². The van der Waals surface area contributed by atoms with Gasteiger partial charge in [-0.05, 0) is 56.9 Å². The van der Waals surface area contributed by atoms with Crippen molar-refractivity contribution in [2.75, 3.05) is 13.2 Å². The first-order valence-corrected chi connectivity index (χ1v) is 6.63. The third kappa shape index (κ3) is 5.75. The molecule has 4 nitrogen and oxygen atoms in total. The van der Waals surface area contributed by atoms with E-state index < -0.39 is 0 Å². The Morgan fingerprint density at radius 2 is 2.11 bits per heavy atom. The van der Waals surface area contributed by atoms with E-state index in [2.05, 4.69) is 5.32 Å². The number of hydrogen-bond acceptors (Lipinski definition) is 3. The number of nitrogens with one attached hydrogen (secondary N) is 1. The molecule has 1 amide bonds. The summed E-state index contributed by atoms with van der Waals surface area (Å²) in [7, 11) is 0. The van der Waals surface area contributed by atoms with Gasteiger partial charge in [0.05, 0.1) is 0 Å². The van der Waals surface area contributed by atoms with Gasteiger partial charge in [0.1, 0.15) is 5.75 Å². The van der Waals surface area contributed by atoms with Crippen molar-refractivity contribution in [1.29, 1.82) is 0 Å². The minimum absolute atomic E-state index is 0.0198. The van der Waals surface area contributed by atoms with Crippen LogP contribution in [0.3, 0.4) is 0 Å². The molecule has 0 aliphatic rings. The zero-order valence-electron chi connectivity index (χ0n) is 11.9. The lowest BCUT2D eigenvalue weighted by atomic mass is 10.1. The molecule has 106 valence electrons. The molecule has 19 heavy (non-hydrogen) atoms. The topological polar surface area (TPSA) is 58.6 Å². The largest absolute Gasteiger partial charge is 0.484 e. The van der Waals surface area contributed by atoms with E-state index in [9.17, 15) is 4.79 Å². The van der Waals surface area contributed by atoms with Crippen LogP contribution in [0.15, 0.2) is 18.2 Å². The summed E-state index contributed by atoms with van der Waals surface area (Å²) in [6.45, 7) is 6.14. The van der Waals surface area contributed by atoms with E-state index in [-0.39, 0.29) is 25.2 Å². The standard InChI is InChI=1S/C15H23NO3/c1-11-6-7-14(9-12(11)2)19-10-15(18)16-13(3)5-4-8-17/h6-7,9,13,17H,4-5,8,10H2,1-3H3,(H,16,18). The molecule has 0 aliphatic carbocycles. The smallest absolute Gasteiger partial charge is 0.258 e. The summed E-state index contributed by atoms with van der Waals surface area (Å²) < 4.78 is 5.45. The van der Waals surface area contributed by atoms with Crippen molar-refractivity contribution in [3.8, 4) is 5.75 Å². The zero-order chi connectivity index (χ0) is 14.3. The van der Waals surface area contributed by atoms with Crippen molar-refractivity contribution in [3.63, 3.8) is 0 Å². The first kappa shape index (κ1) is 15.5. The quantitative estimate of drug-likeness (QED) is 0.792. The van der Waals surface area contributed by atoms with Gasteiger partial charge in [0, 0.05) is 12.6 Å². The Morgan fingerprint density at radius 3 is 2.74 bits per heavy atom. The molecule has 1 unspecified atom stereocenters. The molecule has 0 radical (unpaired) electrons. The zero-order valence-corrected chi connectivity index (χ0v) is 11.9. The maximum Gasteiger partial charge on any atom is 0.258 e. The maximum atomic E-state index is 11.6. The minimum atomic E-state index is -0.135. The summed E-state index contributed by atoms with van der Waals surface area (Å²) in [5.41, 5.74) is 2.35. The lowest BCUT2D eigenvalue weighted by molar-refractivity contribution is -0.123. The normalized spacial score (nSPS) is 12.0. The molecule has 4 heteroatoms. The van der Waals surface area contributed by atoms with Crippen LogP contribution >= 0.6 is 0 Å². The molecular formula is C15H23NO3. The van der Waals surface area contributed by atoms with Gasteiger partial charge in [0.2, 0.25) is 0 Å². The summed E-state index contributed by atoms with van der Waals surface area (Å²) in [6.07, 6.45) is 1.46. The Hall–Kier alpha value is -1.55. The number of benzene rings is 1. The lowest BCUT2D eigenvalue weighted by Crippen LogP contribution is -2.36. The molecule has 0 saturated carbocycles. The summed E-state index contributed by atoms with van der Waals surface area (Å²) in [5, 5.41) is 11.5. The highest BCUT2D eigenvalue weighted by Gasteiger charge is 2.08. The molecule has 1 atom stereocenters. The molecule has 0 spiro atoms. The number of hydrogen-bond donors (Lipinski definition) is 2. The van der Waals surface area contributed by atoms with Crippen LogP contribution in [0.4, 0.5) is 0 Å². The van der Waals surface area contributed by atoms with Crippen molar-refractivity contribution in [3.05, 3.63) is 29.3 Å². The van der Waals surface area contributed by atoms with Crippen LogP contribution < -0.4 is 10.1 Å². The van der Waals surface area contributed by atoms with Gasteiger partial charge in [-0.1, -0.05) is 6.07 Å². The molecule has 2 N–H and O–H groups in total. The molecule has 0 aromatic heterocycles. The average Bonchev–Trinajstić information content (AvgIpc) is 2.38. The van der Waals surface area contributed by atoms with Gasteiger partial charge in [-0.25, -0.2) is 0 Å². The maximum absolute atomic E-state index is 11.6. The van der Waals surface area contributed by atoms with E-state index >= 15 is 0 Å². The molecule has 1 rings (SSSR count). The highest BCUT2D eigenvalue weighted by atomic mass is 16.5. The highest BCUT2D eigenvalue weighted by Crippen LogP contribution is 2.16. The molecular weight excluding hydrogens is 242 g/mol. The van der Waals surface area contributed by atoms with Crippen LogP contribution in [0.25, 0.3) is 0 Å². The highest BCUT2D eigenvalue weighted by molar-refractivity contribution is 5.77. The van der Waals surface area contributed by atoms with E-state index in [1.807, 2.05) is 39.0 Å². The van der Waals surface area contributed by atoms with Gasteiger partial charge in [0.15, 0.2) is 6.61 Å². The number of ether oxygens (including phenoxy) is 1. The van der Waals surface area contributed by atoms with Gasteiger partial charge in [-0.3, -0.25) is 4.79 Å². The number of amides is 1. The number of aryl methyl sites for hydroxylation is 2. The van der Waals surface area contributed by atoms with Gasteiger partial charge in [-0.2, -0.15) is 0 Å². The molecule has 0 bridgehead atoms. The van der Waals surface area contributed by atoms with Gasteiger partial charge in [0.25, 0.3) is 5.91 Å². The monoisotopic (exact) mass is 265 g/mol. The first-order valence-electron chi connectivity index (χ1n) is 6.63. The second-order valence-electron chi connectivity index (χ2n) is 4.87. The van der Waals surface area contributed by atoms with Crippen molar-refractivity contribution in [2.24, 2.45) is 0 Å². The molecule has 0 fully saturated rings. The van der Waals surface area contributed by atoms with E-state index in [4.69, 9.17) is 9.84 Å². The van der Waals surface area contributed by atoms with Gasteiger partial charge >= 0.3 is 0 Å². The molecule has 0 heterocycles. The van der Waals surface area contributed by atoms with Crippen LogP contribution in [0, 0.1) is 13.8 Å². The lowest BCUT2D eigenvalue weighted by Gasteiger charge is -2.14. The first-order chi connectivity index (χ1) is 9.02. The predicted molar refractivity (Wildman–Crippen MR) is 75.3 cm³/mol. The fraction of sp³-hybridized carbons (Fsp3) is 0.533. The van der Waals surface area contributed by atoms with Crippen LogP contribution in [-0.4, -0.2) is 30.3 Å². The van der Waals surface area contributed by atoms with Crippen molar-refractivity contribution in [1.82, 2.24) is 5.32 Å². The van der Waals surface area contributed by atoms with E-state index in [0.29, 0.717) is 12.2 Å². The Morgan fingerprint density at radius 1 is 1.37 bits per heavy atom. The van der Waals surface area contributed by atoms with Crippen molar-refractivity contribution >= 4 is 5.91 Å². The fourth-order valence-corrected chi connectivity index (χ4v) is 1.74. The second kappa shape index (κ2) is 7.79. The summed E-state index contributed by atoms with van der Waals surface area (Å²) in [6, 6.07) is 5.83. The Kier molecular flexibility index (Phi) is 6.36. The Bertz CT molecular complexity index is 418. The van der Waals surface area contributed by atoms with Crippen LogP contribution in [0.2, 0.25) is 0 Å². The summed E-state index contributed by atoms with van der Waals surface area (Å²) in [5.74, 6) is 0.574. The molecule has 1 aromatic carbocycles. The summed E-state index contributed by atoms with van der Waals surface area (Å²) in [4.78, 5) is 11.6. The van der Waals surface area contributed by atoms with Crippen molar-refractivity contribution in [2.45, 2.75) is 39.7 Å². The molecule has 0 saturated heterocycles. The number of aliphatic hydroxyl groups excluding tert-OH is 1. The molecule has 1 aromatic rings. The Balaban J connectivity index is 2.35. The van der Waals surface area contributed by atoms with Gasteiger partial charge < -0.3 is 15.2 Å². The second-order valence-corrected chi connectivity index (χ2v) is 4.87.